The zero-order valence-electron chi connectivity index (χ0n) is 12.7. The largest absolute Gasteiger partial charge is 0.441 e. The lowest BCUT2D eigenvalue weighted by atomic mass is 9.77. The molecule has 0 saturated heterocycles. The summed E-state index contributed by atoms with van der Waals surface area (Å²) < 4.78 is 5.50. The number of alkyl carbamates (subject to hydrolysis) is 1. The standard InChI is InChI=1S/C18H17Cl2NO2/c1-21-18(22)23-17-9-7-12(13-4-2-3-5-14(13)17)11-6-8-15(19)16(20)10-11/h2-6,8,10,12,17H,7,9H2,1H3,(H,21,22)/t12-,17-/m0/s1. The Kier molecular flexibility index (Phi) is 4.79. The summed E-state index contributed by atoms with van der Waals surface area (Å²) in [7, 11) is 1.57. The van der Waals surface area contributed by atoms with E-state index in [0.717, 1.165) is 24.0 Å². The maximum Gasteiger partial charge on any atom is 0.407 e. The maximum absolute atomic E-state index is 11.6. The van der Waals surface area contributed by atoms with Crippen LogP contribution >= 0.6 is 23.2 Å². The fourth-order valence-electron chi connectivity index (χ4n) is 3.14. The van der Waals surface area contributed by atoms with Gasteiger partial charge in [0.2, 0.25) is 0 Å². The number of ether oxygens (including phenoxy) is 1. The van der Waals surface area contributed by atoms with Crippen molar-refractivity contribution in [3.63, 3.8) is 0 Å². The van der Waals surface area contributed by atoms with Gasteiger partial charge in [0, 0.05) is 13.0 Å². The van der Waals surface area contributed by atoms with Crippen LogP contribution in [0.2, 0.25) is 10.0 Å². The summed E-state index contributed by atoms with van der Waals surface area (Å²) in [5.41, 5.74) is 3.36. The van der Waals surface area contributed by atoms with E-state index in [2.05, 4.69) is 11.4 Å². The van der Waals surface area contributed by atoms with Crippen molar-refractivity contribution in [3.8, 4) is 0 Å². The number of hydrogen-bond donors (Lipinski definition) is 1. The first kappa shape index (κ1) is 16.2. The van der Waals surface area contributed by atoms with Gasteiger partial charge < -0.3 is 10.1 Å². The van der Waals surface area contributed by atoms with Gasteiger partial charge in [0.15, 0.2) is 0 Å². The molecule has 0 fully saturated rings. The third-order valence-electron chi connectivity index (χ3n) is 4.24. The molecule has 0 bridgehead atoms. The number of halogens is 2. The summed E-state index contributed by atoms with van der Waals surface area (Å²) in [4.78, 5) is 11.6. The third kappa shape index (κ3) is 3.31. The van der Waals surface area contributed by atoms with E-state index in [1.54, 1.807) is 7.05 Å². The highest BCUT2D eigenvalue weighted by Gasteiger charge is 2.30. The monoisotopic (exact) mass is 349 g/mol. The molecule has 3 nitrogen and oxygen atoms in total. The molecule has 5 heteroatoms. The van der Waals surface area contributed by atoms with Gasteiger partial charge in [-0.2, -0.15) is 0 Å². The molecule has 2 aromatic carbocycles. The predicted molar refractivity (Wildman–Crippen MR) is 92.3 cm³/mol. The Labute approximate surface area is 145 Å². The topological polar surface area (TPSA) is 38.3 Å². The van der Waals surface area contributed by atoms with Crippen molar-refractivity contribution in [2.75, 3.05) is 7.05 Å². The van der Waals surface area contributed by atoms with Crippen LogP contribution in [-0.4, -0.2) is 13.1 Å². The molecule has 0 saturated carbocycles. The molecule has 1 amide bonds. The molecule has 1 N–H and O–H groups in total. The van der Waals surface area contributed by atoms with Gasteiger partial charge in [0.25, 0.3) is 0 Å². The van der Waals surface area contributed by atoms with Crippen LogP contribution in [0.3, 0.4) is 0 Å². The second kappa shape index (κ2) is 6.81. The first-order valence-electron chi connectivity index (χ1n) is 7.52. The second-order valence-electron chi connectivity index (χ2n) is 5.58. The average Bonchev–Trinajstić information content (AvgIpc) is 2.57. The fraction of sp³-hybridized carbons (Fsp3) is 0.278. The van der Waals surface area contributed by atoms with Crippen LogP contribution in [0.1, 0.15) is 41.6 Å². The molecule has 0 spiro atoms. The van der Waals surface area contributed by atoms with Crippen LogP contribution in [0.25, 0.3) is 0 Å². The normalized spacial score (nSPS) is 19.8. The highest BCUT2D eigenvalue weighted by atomic mass is 35.5. The van der Waals surface area contributed by atoms with Gasteiger partial charge in [-0.25, -0.2) is 4.79 Å². The van der Waals surface area contributed by atoms with Crippen molar-refractivity contribution in [1.82, 2.24) is 5.32 Å². The molecule has 0 heterocycles. The maximum atomic E-state index is 11.6. The number of fused-ring (bicyclic) bond motifs is 1. The van der Waals surface area contributed by atoms with Gasteiger partial charge in [-0.15, -0.1) is 0 Å². The minimum Gasteiger partial charge on any atom is -0.441 e. The number of hydrogen-bond acceptors (Lipinski definition) is 2. The summed E-state index contributed by atoms with van der Waals surface area (Å²) in [6.45, 7) is 0. The van der Waals surface area contributed by atoms with Crippen LogP contribution in [0.5, 0.6) is 0 Å². The van der Waals surface area contributed by atoms with Crippen molar-refractivity contribution in [2.24, 2.45) is 0 Å². The number of carbonyl (C=O) groups is 1. The Morgan fingerprint density at radius 2 is 1.83 bits per heavy atom. The minimum atomic E-state index is -0.405. The minimum absolute atomic E-state index is 0.217. The van der Waals surface area contributed by atoms with Gasteiger partial charge in [-0.1, -0.05) is 53.5 Å². The fourth-order valence-corrected chi connectivity index (χ4v) is 3.44. The Morgan fingerprint density at radius 1 is 1.09 bits per heavy atom. The first-order valence-corrected chi connectivity index (χ1v) is 8.28. The molecule has 0 aliphatic heterocycles. The zero-order valence-corrected chi connectivity index (χ0v) is 14.2. The molecule has 0 unspecified atom stereocenters. The van der Waals surface area contributed by atoms with E-state index >= 15 is 0 Å². The summed E-state index contributed by atoms with van der Waals surface area (Å²) in [5.74, 6) is 0.227. The van der Waals surface area contributed by atoms with Crippen LogP contribution in [-0.2, 0) is 4.74 Å². The van der Waals surface area contributed by atoms with Crippen molar-refractivity contribution in [2.45, 2.75) is 24.9 Å². The Morgan fingerprint density at radius 3 is 2.52 bits per heavy atom. The van der Waals surface area contributed by atoms with E-state index in [9.17, 15) is 4.79 Å². The first-order chi connectivity index (χ1) is 11.1. The molecule has 1 aliphatic rings. The van der Waals surface area contributed by atoms with E-state index in [-0.39, 0.29) is 12.0 Å². The molecule has 2 atom stereocenters. The van der Waals surface area contributed by atoms with E-state index in [4.69, 9.17) is 27.9 Å². The zero-order chi connectivity index (χ0) is 16.4. The second-order valence-corrected chi connectivity index (χ2v) is 6.39. The van der Waals surface area contributed by atoms with Gasteiger partial charge in [0.1, 0.15) is 6.10 Å². The number of amides is 1. The molecule has 0 aromatic heterocycles. The highest BCUT2D eigenvalue weighted by molar-refractivity contribution is 6.42. The van der Waals surface area contributed by atoms with E-state index in [0.29, 0.717) is 10.0 Å². The van der Waals surface area contributed by atoms with E-state index < -0.39 is 6.09 Å². The van der Waals surface area contributed by atoms with Crippen molar-refractivity contribution >= 4 is 29.3 Å². The van der Waals surface area contributed by atoms with Gasteiger partial charge in [-0.05, 0) is 41.7 Å². The summed E-state index contributed by atoms with van der Waals surface area (Å²) in [6.07, 6.45) is 1.04. The van der Waals surface area contributed by atoms with Crippen molar-refractivity contribution in [1.29, 1.82) is 0 Å². The lowest BCUT2D eigenvalue weighted by Gasteiger charge is -2.31. The molecule has 0 radical (unpaired) electrons. The highest BCUT2D eigenvalue weighted by Crippen LogP contribution is 2.43. The lowest BCUT2D eigenvalue weighted by molar-refractivity contribution is 0.0877. The summed E-state index contributed by atoms with van der Waals surface area (Å²) in [5, 5.41) is 3.62. The van der Waals surface area contributed by atoms with Crippen LogP contribution in [0, 0.1) is 0 Å². The van der Waals surface area contributed by atoms with Gasteiger partial charge >= 0.3 is 6.09 Å². The van der Waals surface area contributed by atoms with Crippen LogP contribution in [0.4, 0.5) is 4.79 Å². The molecule has 2 aromatic rings. The molecular weight excluding hydrogens is 333 g/mol. The molecule has 1 aliphatic carbocycles. The van der Waals surface area contributed by atoms with Crippen LogP contribution < -0.4 is 5.32 Å². The van der Waals surface area contributed by atoms with Crippen LogP contribution in [0.15, 0.2) is 42.5 Å². The third-order valence-corrected chi connectivity index (χ3v) is 4.97. The lowest BCUT2D eigenvalue weighted by Crippen LogP contribution is -2.25. The summed E-state index contributed by atoms with van der Waals surface area (Å²) >= 11 is 12.2. The Balaban J connectivity index is 1.96. The molecule has 23 heavy (non-hydrogen) atoms. The van der Waals surface area contributed by atoms with Crippen molar-refractivity contribution in [3.05, 3.63) is 69.2 Å². The van der Waals surface area contributed by atoms with E-state index in [1.165, 1.54) is 5.56 Å². The predicted octanol–water partition coefficient (Wildman–Crippen LogP) is 5.32. The smallest absolute Gasteiger partial charge is 0.407 e. The number of benzene rings is 2. The molecule has 3 rings (SSSR count). The number of rotatable bonds is 2. The molecular formula is C18H17Cl2NO2. The van der Waals surface area contributed by atoms with E-state index in [1.807, 2.05) is 36.4 Å². The SMILES string of the molecule is CNC(=O)O[C@H]1CC[C@@H](c2ccc(Cl)c(Cl)c2)c2ccccc21. The Bertz CT molecular complexity index is 733. The summed E-state index contributed by atoms with van der Waals surface area (Å²) in [6, 6.07) is 13.8. The number of nitrogens with one attached hydrogen (secondary N) is 1. The van der Waals surface area contributed by atoms with Gasteiger partial charge in [-0.3, -0.25) is 0 Å². The molecule has 120 valence electrons. The average molecular weight is 350 g/mol. The quantitative estimate of drug-likeness (QED) is 0.796. The number of carbonyl (C=O) groups excluding carboxylic acids is 1. The Hall–Kier alpha value is -1.71. The van der Waals surface area contributed by atoms with Gasteiger partial charge in [0.05, 0.1) is 10.0 Å². The van der Waals surface area contributed by atoms with Crippen molar-refractivity contribution < 1.29 is 9.53 Å².